The maximum atomic E-state index is 14.7. The number of anilines is 1. The van der Waals surface area contributed by atoms with Gasteiger partial charge in [0.25, 0.3) is 5.56 Å². The minimum absolute atomic E-state index is 0.124. The van der Waals surface area contributed by atoms with Crippen LogP contribution in [0.25, 0.3) is 10.8 Å². The van der Waals surface area contributed by atoms with E-state index in [1.54, 1.807) is 12.3 Å². The SMILES string of the molecule is Cn1ncc2cc(N(Cc3ccc(C4CCCCC4)cn3)C(=O)C3(C)CCN3S(=O)(=O)c3c(F)c(F)c(F)c(F)c3F)ccc2c1=O. The van der Waals surface area contributed by atoms with Crippen LogP contribution in [-0.2, 0) is 28.4 Å². The van der Waals surface area contributed by atoms with E-state index in [0.717, 1.165) is 35.9 Å². The number of benzene rings is 2. The molecule has 2 aromatic heterocycles. The molecule has 15 heteroatoms. The Labute approximate surface area is 266 Å². The summed E-state index contributed by atoms with van der Waals surface area (Å²) in [6, 6.07) is 8.18. The zero-order chi connectivity index (χ0) is 33.8. The lowest BCUT2D eigenvalue weighted by Gasteiger charge is -2.49. The van der Waals surface area contributed by atoms with E-state index in [1.807, 2.05) is 6.07 Å². The van der Waals surface area contributed by atoms with Crippen molar-refractivity contribution in [1.82, 2.24) is 19.1 Å². The molecule has 1 atom stereocenters. The molecule has 1 aliphatic carbocycles. The highest BCUT2D eigenvalue weighted by Crippen LogP contribution is 2.41. The van der Waals surface area contributed by atoms with Gasteiger partial charge in [-0.3, -0.25) is 14.6 Å². The van der Waals surface area contributed by atoms with E-state index in [0.29, 0.717) is 26.7 Å². The first-order valence-corrected chi connectivity index (χ1v) is 16.5. The number of aromatic nitrogens is 3. The quantitative estimate of drug-likeness (QED) is 0.147. The van der Waals surface area contributed by atoms with E-state index >= 15 is 0 Å². The average Bonchev–Trinajstić information content (AvgIpc) is 3.06. The van der Waals surface area contributed by atoms with E-state index in [2.05, 4.69) is 10.1 Å². The van der Waals surface area contributed by atoms with E-state index < -0.39 is 67.6 Å². The van der Waals surface area contributed by atoms with Crippen LogP contribution in [-0.4, -0.2) is 45.5 Å². The van der Waals surface area contributed by atoms with Crippen molar-refractivity contribution in [3.05, 3.63) is 93.4 Å². The summed E-state index contributed by atoms with van der Waals surface area (Å²) in [6.07, 6.45) is 8.56. The average molecular weight is 676 g/mol. The molecule has 0 radical (unpaired) electrons. The first-order chi connectivity index (χ1) is 22.3. The van der Waals surface area contributed by atoms with Crippen LogP contribution in [0, 0.1) is 29.1 Å². The van der Waals surface area contributed by atoms with E-state index in [-0.39, 0.29) is 18.7 Å². The Morgan fingerprint density at radius 2 is 1.62 bits per heavy atom. The second kappa shape index (κ2) is 12.1. The Morgan fingerprint density at radius 1 is 0.957 bits per heavy atom. The van der Waals surface area contributed by atoms with Gasteiger partial charge in [0.05, 0.1) is 23.8 Å². The fourth-order valence-electron chi connectivity index (χ4n) is 6.39. The summed E-state index contributed by atoms with van der Waals surface area (Å²) >= 11 is 0. The Bertz CT molecular complexity index is 2040. The van der Waals surface area contributed by atoms with Gasteiger partial charge < -0.3 is 4.90 Å². The molecule has 1 saturated carbocycles. The Balaban J connectivity index is 1.40. The molecule has 0 spiro atoms. The molecule has 2 aromatic carbocycles. The molecular weight excluding hydrogens is 645 g/mol. The number of halogens is 5. The summed E-state index contributed by atoms with van der Waals surface area (Å²) < 4.78 is 99.8. The van der Waals surface area contributed by atoms with Gasteiger partial charge in [-0.2, -0.15) is 9.40 Å². The fourth-order valence-corrected chi connectivity index (χ4v) is 8.28. The van der Waals surface area contributed by atoms with Crippen molar-refractivity contribution in [2.24, 2.45) is 7.05 Å². The molecule has 248 valence electrons. The van der Waals surface area contributed by atoms with Gasteiger partial charge in [-0.25, -0.2) is 35.1 Å². The largest absolute Gasteiger partial charge is 0.305 e. The van der Waals surface area contributed by atoms with Crippen LogP contribution in [0.15, 0.2) is 52.4 Å². The number of carbonyl (C=O) groups is 1. The molecule has 2 fully saturated rings. The smallest absolute Gasteiger partial charge is 0.274 e. The Morgan fingerprint density at radius 3 is 2.21 bits per heavy atom. The highest BCUT2D eigenvalue weighted by atomic mass is 32.2. The Kier molecular flexibility index (Phi) is 8.41. The number of amides is 1. The van der Waals surface area contributed by atoms with Gasteiger partial charge in [0.15, 0.2) is 28.2 Å². The molecule has 1 aliphatic heterocycles. The fraction of sp³-hybridized carbons (Fsp3) is 0.375. The number of pyridine rings is 1. The second-order valence-corrected chi connectivity index (χ2v) is 14.0. The van der Waals surface area contributed by atoms with E-state index in [9.17, 15) is 40.0 Å². The minimum Gasteiger partial charge on any atom is -0.305 e. The monoisotopic (exact) mass is 675 g/mol. The van der Waals surface area contributed by atoms with Gasteiger partial charge in [0.1, 0.15) is 5.54 Å². The molecule has 2 aliphatic rings. The Hall–Kier alpha value is -4.24. The number of carbonyl (C=O) groups excluding carboxylic acids is 1. The predicted octanol–water partition coefficient (Wildman–Crippen LogP) is 5.46. The number of aryl methyl sites for hydroxylation is 1. The normalized spacial score (nSPS) is 19.1. The van der Waals surface area contributed by atoms with Crippen molar-refractivity contribution >= 4 is 32.4 Å². The molecule has 3 heterocycles. The molecule has 0 N–H and O–H groups in total. The molecule has 9 nitrogen and oxygen atoms in total. The number of hydrogen-bond donors (Lipinski definition) is 0. The van der Waals surface area contributed by atoms with Crippen molar-refractivity contribution in [2.75, 3.05) is 11.4 Å². The van der Waals surface area contributed by atoms with E-state index in [1.165, 1.54) is 49.7 Å². The number of rotatable bonds is 7. The first kappa shape index (κ1) is 32.7. The zero-order valence-corrected chi connectivity index (χ0v) is 26.3. The van der Waals surface area contributed by atoms with Crippen molar-refractivity contribution < 1.29 is 35.2 Å². The number of sulfonamides is 1. The van der Waals surface area contributed by atoms with Gasteiger partial charge in [0, 0.05) is 30.9 Å². The van der Waals surface area contributed by atoms with Crippen LogP contribution in [0.3, 0.4) is 0 Å². The summed E-state index contributed by atoms with van der Waals surface area (Å²) in [5.74, 6) is -12.9. The topological polar surface area (TPSA) is 105 Å². The maximum Gasteiger partial charge on any atom is 0.274 e. The third-order valence-corrected chi connectivity index (χ3v) is 11.3. The predicted molar refractivity (Wildman–Crippen MR) is 161 cm³/mol. The molecule has 1 amide bonds. The lowest BCUT2D eigenvalue weighted by molar-refractivity contribution is -0.132. The van der Waals surface area contributed by atoms with Gasteiger partial charge in [0.2, 0.25) is 21.7 Å². The van der Waals surface area contributed by atoms with Crippen LogP contribution < -0.4 is 10.5 Å². The van der Waals surface area contributed by atoms with Gasteiger partial charge in [-0.15, -0.1) is 0 Å². The molecule has 1 saturated heterocycles. The summed E-state index contributed by atoms with van der Waals surface area (Å²) in [5, 5.41) is 4.71. The highest BCUT2D eigenvalue weighted by molar-refractivity contribution is 7.89. The third-order valence-electron chi connectivity index (χ3n) is 9.26. The lowest BCUT2D eigenvalue weighted by Crippen LogP contribution is -2.67. The summed E-state index contributed by atoms with van der Waals surface area (Å²) in [6.45, 7) is 0.622. The van der Waals surface area contributed by atoms with Gasteiger partial charge in [-0.05, 0) is 61.9 Å². The minimum atomic E-state index is -5.41. The van der Waals surface area contributed by atoms with Crippen molar-refractivity contribution in [1.29, 1.82) is 0 Å². The number of hydrogen-bond acceptors (Lipinski definition) is 6. The van der Waals surface area contributed by atoms with Gasteiger partial charge >= 0.3 is 0 Å². The van der Waals surface area contributed by atoms with Crippen LogP contribution in [0.4, 0.5) is 27.6 Å². The van der Waals surface area contributed by atoms with Crippen molar-refractivity contribution in [3.63, 3.8) is 0 Å². The van der Waals surface area contributed by atoms with Gasteiger partial charge in [-0.1, -0.05) is 25.3 Å². The lowest BCUT2D eigenvalue weighted by atomic mass is 9.85. The second-order valence-electron chi connectivity index (χ2n) is 12.2. The van der Waals surface area contributed by atoms with Crippen LogP contribution in [0.2, 0.25) is 0 Å². The molecule has 4 aromatic rings. The van der Waals surface area contributed by atoms with Crippen molar-refractivity contribution in [3.8, 4) is 0 Å². The summed E-state index contributed by atoms with van der Waals surface area (Å²) in [7, 11) is -3.93. The maximum absolute atomic E-state index is 14.7. The van der Waals surface area contributed by atoms with E-state index in [4.69, 9.17) is 0 Å². The van der Waals surface area contributed by atoms with Crippen LogP contribution in [0.1, 0.15) is 62.6 Å². The molecule has 47 heavy (non-hydrogen) atoms. The van der Waals surface area contributed by atoms with Crippen LogP contribution >= 0.6 is 0 Å². The molecular formula is C32H30F5N5O4S. The zero-order valence-electron chi connectivity index (χ0n) is 25.4. The summed E-state index contributed by atoms with van der Waals surface area (Å²) in [5.41, 5.74) is -0.640. The molecule has 1 unspecified atom stereocenters. The van der Waals surface area contributed by atoms with Crippen LogP contribution in [0.5, 0.6) is 0 Å². The first-order valence-electron chi connectivity index (χ1n) is 15.0. The highest BCUT2D eigenvalue weighted by Gasteiger charge is 2.56. The standard InChI is InChI=1S/C32H30F5N5O4S/c1-32(12-13-42(32)47(45,46)29-27(36)25(34)24(33)26(35)28(29)37)31(44)41(22-10-11-23-20(14-22)16-39-40(2)30(23)43)17-21-9-8-19(15-38-21)18-6-4-3-5-7-18/h8-11,14-16,18H,3-7,12-13,17H2,1-2H3. The number of fused-ring (bicyclic) bond motifs is 1. The molecule has 6 rings (SSSR count). The summed E-state index contributed by atoms with van der Waals surface area (Å²) in [4.78, 5) is 30.8. The third kappa shape index (κ3) is 5.48. The van der Waals surface area contributed by atoms with Crippen molar-refractivity contribution in [2.45, 2.75) is 68.3 Å². The molecule has 0 bridgehead atoms. The number of nitrogens with zero attached hydrogens (tertiary/aromatic N) is 5.